The number of nitrogens with one attached hydrogen (secondary N) is 1. The molecule has 2 rings (SSSR count). The Morgan fingerprint density at radius 1 is 1.58 bits per heavy atom. The maximum Gasteiger partial charge on any atom is 0.220 e. The molecule has 106 valence electrons. The molecule has 1 aliphatic carbocycles. The lowest BCUT2D eigenvalue weighted by Crippen LogP contribution is -2.37. The standard InChI is InChI=1S/C15H25N3O/c1-10(2)6-14(19)17-12-7-15(3,4)8-13-11(12)9-16-18(13)5/h9-10,12H,6-8H2,1-5H3,(H,17,19). The molecule has 1 aromatic heterocycles. The minimum atomic E-state index is 0.110. The third-order valence-corrected chi connectivity index (χ3v) is 3.80. The van der Waals surface area contributed by atoms with Crippen molar-refractivity contribution in [2.45, 2.75) is 53.0 Å². The molecule has 0 aromatic carbocycles. The maximum atomic E-state index is 12.0. The van der Waals surface area contributed by atoms with E-state index in [2.05, 4.69) is 38.1 Å². The van der Waals surface area contributed by atoms with Gasteiger partial charge in [-0.2, -0.15) is 5.10 Å². The number of carbonyl (C=O) groups excluding carboxylic acids is 1. The van der Waals surface area contributed by atoms with E-state index in [0.29, 0.717) is 12.3 Å². The first-order valence-electron chi connectivity index (χ1n) is 7.08. The fourth-order valence-electron chi connectivity index (χ4n) is 2.93. The van der Waals surface area contributed by atoms with Crippen LogP contribution in [0.4, 0.5) is 0 Å². The zero-order valence-electron chi connectivity index (χ0n) is 12.7. The van der Waals surface area contributed by atoms with Gasteiger partial charge in [-0.15, -0.1) is 0 Å². The lowest BCUT2D eigenvalue weighted by atomic mass is 9.74. The van der Waals surface area contributed by atoms with Crippen LogP contribution in [0.25, 0.3) is 0 Å². The van der Waals surface area contributed by atoms with Gasteiger partial charge < -0.3 is 5.32 Å². The van der Waals surface area contributed by atoms with E-state index in [4.69, 9.17) is 0 Å². The van der Waals surface area contributed by atoms with E-state index < -0.39 is 0 Å². The summed E-state index contributed by atoms with van der Waals surface area (Å²) >= 11 is 0. The Balaban J connectivity index is 2.19. The molecule has 0 bridgehead atoms. The summed E-state index contributed by atoms with van der Waals surface area (Å²) in [6, 6.07) is 0.110. The number of amides is 1. The Kier molecular flexibility index (Phi) is 3.70. The van der Waals surface area contributed by atoms with Gasteiger partial charge in [-0.3, -0.25) is 9.48 Å². The van der Waals surface area contributed by atoms with E-state index in [-0.39, 0.29) is 17.4 Å². The topological polar surface area (TPSA) is 46.9 Å². The van der Waals surface area contributed by atoms with Crippen LogP contribution in [0.1, 0.15) is 57.8 Å². The average molecular weight is 263 g/mol. The zero-order valence-corrected chi connectivity index (χ0v) is 12.7. The maximum absolute atomic E-state index is 12.0. The summed E-state index contributed by atoms with van der Waals surface area (Å²) in [5.74, 6) is 0.539. The highest BCUT2D eigenvalue weighted by molar-refractivity contribution is 5.76. The van der Waals surface area contributed by atoms with E-state index >= 15 is 0 Å². The van der Waals surface area contributed by atoms with Crippen LogP contribution in [0.3, 0.4) is 0 Å². The van der Waals surface area contributed by atoms with Crippen molar-refractivity contribution in [2.24, 2.45) is 18.4 Å². The van der Waals surface area contributed by atoms with Gasteiger partial charge in [-0.05, 0) is 24.2 Å². The highest BCUT2D eigenvalue weighted by Crippen LogP contribution is 2.40. The van der Waals surface area contributed by atoms with Crippen LogP contribution in [0, 0.1) is 11.3 Å². The first-order valence-corrected chi connectivity index (χ1v) is 7.08. The molecule has 0 saturated carbocycles. The highest BCUT2D eigenvalue weighted by Gasteiger charge is 2.35. The number of aromatic nitrogens is 2. The van der Waals surface area contributed by atoms with Gasteiger partial charge in [0.15, 0.2) is 0 Å². The first-order chi connectivity index (χ1) is 8.78. The highest BCUT2D eigenvalue weighted by atomic mass is 16.1. The zero-order chi connectivity index (χ0) is 14.2. The van der Waals surface area contributed by atoms with Gasteiger partial charge >= 0.3 is 0 Å². The molecule has 1 unspecified atom stereocenters. The summed E-state index contributed by atoms with van der Waals surface area (Å²) in [6.07, 6.45) is 4.50. The molecule has 19 heavy (non-hydrogen) atoms. The molecule has 1 aliphatic rings. The fraction of sp³-hybridized carbons (Fsp3) is 0.733. The smallest absolute Gasteiger partial charge is 0.220 e. The van der Waals surface area contributed by atoms with Crippen LogP contribution in [0.2, 0.25) is 0 Å². The summed E-state index contributed by atoms with van der Waals surface area (Å²) in [5, 5.41) is 7.53. The van der Waals surface area contributed by atoms with E-state index in [1.54, 1.807) is 0 Å². The fourth-order valence-corrected chi connectivity index (χ4v) is 2.93. The third kappa shape index (κ3) is 3.17. The van der Waals surface area contributed by atoms with Crippen LogP contribution in [0.5, 0.6) is 0 Å². The number of aryl methyl sites for hydroxylation is 1. The van der Waals surface area contributed by atoms with Crippen LogP contribution >= 0.6 is 0 Å². The van der Waals surface area contributed by atoms with Gasteiger partial charge in [0.2, 0.25) is 5.91 Å². The second-order valence-electron chi connectivity index (χ2n) is 6.93. The second-order valence-corrected chi connectivity index (χ2v) is 6.93. The van der Waals surface area contributed by atoms with Crippen LogP contribution < -0.4 is 5.32 Å². The Bertz CT molecular complexity index is 474. The Morgan fingerprint density at radius 3 is 2.89 bits per heavy atom. The molecule has 0 radical (unpaired) electrons. The van der Waals surface area contributed by atoms with E-state index in [1.807, 2.05) is 17.9 Å². The van der Waals surface area contributed by atoms with Crippen molar-refractivity contribution >= 4 is 5.91 Å². The molecule has 1 atom stereocenters. The average Bonchev–Trinajstić information content (AvgIpc) is 2.57. The Hall–Kier alpha value is -1.32. The number of rotatable bonds is 3. The lowest BCUT2D eigenvalue weighted by molar-refractivity contribution is -0.122. The molecule has 0 aliphatic heterocycles. The van der Waals surface area contributed by atoms with E-state index in [0.717, 1.165) is 12.8 Å². The van der Waals surface area contributed by atoms with Gasteiger partial charge in [0.1, 0.15) is 0 Å². The summed E-state index contributed by atoms with van der Waals surface area (Å²) < 4.78 is 1.94. The van der Waals surface area contributed by atoms with Gasteiger partial charge in [-0.25, -0.2) is 0 Å². The second kappa shape index (κ2) is 4.99. The van der Waals surface area contributed by atoms with Gasteiger partial charge in [0.05, 0.1) is 12.2 Å². The predicted molar refractivity (Wildman–Crippen MR) is 75.6 cm³/mol. The third-order valence-electron chi connectivity index (χ3n) is 3.80. The van der Waals surface area contributed by atoms with Crippen molar-refractivity contribution in [3.8, 4) is 0 Å². The first kappa shape index (κ1) is 14.1. The molecule has 0 spiro atoms. The van der Waals surface area contributed by atoms with Crippen LogP contribution in [-0.4, -0.2) is 15.7 Å². The van der Waals surface area contributed by atoms with Crippen LogP contribution in [-0.2, 0) is 18.3 Å². The summed E-state index contributed by atoms with van der Waals surface area (Å²) in [7, 11) is 1.98. The SMILES string of the molecule is CC(C)CC(=O)NC1CC(C)(C)Cc2c1cnn2C. The van der Waals surface area contributed by atoms with Crippen molar-refractivity contribution < 1.29 is 4.79 Å². The van der Waals surface area contributed by atoms with Crippen molar-refractivity contribution in [1.82, 2.24) is 15.1 Å². The van der Waals surface area contributed by atoms with Crippen molar-refractivity contribution in [2.75, 3.05) is 0 Å². The van der Waals surface area contributed by atoms with Crippen molar-refractivity contribution in [3.63, 3.8) is 0 Å². The summed E-state index contributed by atoms with van der Waals surface area (Å²) in [4.78, 5) is 12.0. The van der Waals surface area contributed by atoms with Crippen LogP contribution in [0.15, 0.2) is 6.20 Å². The van der Waals surface area contributed by atoms with Crippen molar-refractivity contribution in [3.05, 3.63) is 17.5 Å². The molecule has 1 amide bonds. The molecule has 4 nitrogen and oxygen atoms in total. The monoisotopic (exact) mass is 263 g/mol. The van der Waals surface area contributed by atoms with E-state index in [9.17, 15) is 4.79 Å². The molecule has 0 saturated heterocycles. The predicted octanol–water partition coefficient (Wildman–Crippen LogP) is 2.60. The summed E-state index contributed by atoms with van der Waals surface area (Å²) in [6.45, 7) is 8.65. The molecule has 1 heterocycles. The minimum Gasteiger partial charge on any atom is -0.349 e. The Labute approximate surface area is 115 Å². The van der Waals surface area contributed by atoms with E-state index in [1.165, 1.54) is 11.3 Å². The number of hydrogen-bond acceptors (Lipinski definition) is 2. The molecule has 1 aromatic rings. The van der Waals surface area contributed by atoms with Gasteiger partial charge in [-0.1, -0.05) is 27.7 Å². The minimum absolute atomic E-state index is 0.110. The molecular weight excluding hydrogens is 238 g/mol. The van der Waals surface area contributed by atoms with Gasteiger partial charge in [0.25, 0.3) is 0 Å². The number of nitrogens with zero attached hydrogens (tertiary/aromatic N) is 2. The molecule has 4 heteroatoms. The summed E-state index contributed by atoms with van der Waals surface area (Å²) in [5.41, 5.74) is 2.65. The molecular formula is C15H25N3O. The number of carbonyl (C=O) groups is 1. The lowest BCUT2D eigenvalue weighted by Gasteiger charge is -2.35. The largest absolute Gasteiger partial charge is 0.349 e. The number of hydrogen-bond donors (Lipinski definition) is 1. The quantitative estimate of drug-likeness (QED) is 0.911. The molecule has 0 fully saturated rings. The normalized spacial score (nSPS) is 21.3. The Morgan fingerprint density at radius 2 is 2.26 bits per heavy atom. The van der Waals surface area contributed by atoms with Gasteiger partial charge in [0, 0.05) is 24.7 Å². The number of fused-ring (bicyclic) bond motifs is 1. The molecule has 1 N–H and O–H groups in total. The van der Waals surface area contributed by atoms with Crippen molar-refractivity contribution in [1.29, 1.82) is 0 Å².